The number of carbonyl (C=O) groups excluding carboxylic acids is 2. The van der Waals surface area contributed by atoms with E-state index in [1.807, 2.05) is 6.07 Å². The number of carbonyl (C=O) groups is 2. The Morgan fingerprint density at radius 2 is 1.76 bits per heavy atom. The van der Waals surface area contributed by atoms with Gasteiger partial charge in [-0.2, -0.15) is 0 Å². The molecule has 178 valence electrons. The number of aromatic nitrogens is 2. The third-order valence-corrected chi connectivity index (χ3v) is 6.16. The summed E-state index contributed by atoms with van der Waals surface area (Å²) >= 11 is 6.18. The van der Waals surface area contributed by atoms with Crippen LogP contribution in [0.25, 0.3) is 10.8 Å². The second-order valence-corrected chi connectivity index (χ2v) is 8.70. The van der Waals surface area contributed by atoms with E-state index in [4.69, 9.17) is 16.3 Å². The first kappa shape index (κ1) is 23.6. The molecule has 1 heterocycles. The van der Waals surface area contributed by atoms with E-state index >= 15 is 0 Å². The number of ether oxygens (including phenoxy) is 1. The normalized spacial score (nSPS) is 14.0. The van der Waals surface area contributed by atoms with Crippen molar-refractivity contribution in [3.63, 3.8) is 0 Å². The van der Waals surface area contributed by atoms with Crippen molar-refractivity contribution in [3.8, 4) is 5.75 Å². The molecule has 0 bridgehead atoms. The Balaban J connectivity index is 1.34. The molecule has 0 aliphatic heterocycles. The van der Waals surface area contributed by atoms with Gasteiger partial charge >= 0.3 is 0 Å². The van der Waals surface area contributed by atoms with Crippen LogP contribution in [-0.4, -0.2) is 35.2 Å². The van der Waals surface area contributed by atoms with E-state index < -0.39 is 22.9 Å². The Hall–Kier alpha value is -3.59. The van der Waals surface area contributed by atoms with Crippen LogP contribution in [0.2, 0.25) is 5.02 Å². The lowest BCUT2D eigenvalue weighted by molar-refractivity contribution is -0.125. The largest absolute Gasteiger partial charge is 0.483 e. The highest BCUT2D eigenvalue weighted by Gasteiger charge is 2.20. The number of aromatic amines is 2. The first-order valence-corrected chi connectivity index (χ1v) is 11.5. The molecule has 10 heteroatoms. The van der Waals surface area contributed by atoms with Gasteiger partial charge in [-0.1, -0.05) is 36.9 Å². The van der Waals surface area contributed by atoms with E-state index in [1.54, 1.807) is 18.2 Å². The van der Waals surface area contributed by atoms with Crippen molar-refractivity contribution in [3.05, 3.63) is 67.7 Å². The van der Waals surface area contributed by atoms with Gasteiger partial charge in [-0.05, 0) is 54.7 Å². The van der Waals surface area contributed by atoms with Gasteiger partial charge < -0.3 is 15.4 Å². The fraction of sp³-hybridized carbons (Fsp3) is 0.333. The summed E-state index contributed by atoms with van der Waals surface area (Å²) in [5, 5.41) is 10.4. The number of amides is 2. The van der Waals surface area contributed by atoms with E-state index in [-0.39, 0.29) is 29.6 Å². The number of rotatable bonds is 7. The van der Waals surface area contributed by atoms with Crippen molar-refractivity contribution >= 4 is 39.9 Å². The summed E-state index contributed by atoms with van der Waals surface area (Å²) < 4.78 is 5.76. The quantitative estimate of drug-likeness (QED) is 0.409. The highest BCUT2D eigenvalue weighted by molar-refractivity contribution is 6.30. The van der Waals surface area contributed by atoms with Crippen LogP contribution in [0.15, 0.2) is 46.0 Å². The topological polar surface area (TPSA) is 133 Å². The van der Waals surface area contributed by atoms with Crippen molar-refractivity contribution in [1.82, 2.24) is 15.5 Å². The number of hydrogen-bond donors (Lipinski definition) is 4. The summed E-state index contributed by atoms with van der Waals surface area (Å²) in [5.41, 5.74) is 0.165. The smallest absolute Gasteiger partial charge is 0.272 e. The first-order chi connectivity index (χ1) is 16.4. The molecule has 0 radical (unpaired) electrons. The van der Waals surface area contributed by atoms with E-state index in [1.165, 1.54) is 18.6 Å². The Labute approximate surface area is 199 Å². The molecule has 1 aromatic heterocycles. The molecule has 0 atom stereocenters. The summed E-state index contributed by atoms with van der Waals surface area (Å²) in [4.78, 5) is 48.7. The highest BCUT2D eigenvalue weighted by atomic mass is 35.5. The second kappa shape index (κ2) is 10.6. The molecule has 0 saturated heterocycles. The molecular weight excluding hydrogens is 460 g/mol. The Morgan fingerprint density at radius 1 is 1.00 bits per heavy atom. The van der Waals surface area contributed by atoms with E-state index in [9.17, 15) is 19.2 Å². The average molecular weight is 485 g/mol. The molecule has 1 aliphatic carbocycles. The molecule has 3 aromatic rings. The highest BCUT2D eigenvalue weighted by Crippen LogP contribution is 2.38. The summed E-state index contributed by atoms with van der Waals surface area (Å²) in [6.45, 7) is -0.576. The average Bonchev–Trinajstić information content (AvgIpc) is 2.85. The van der Waals surface area contributed by atoms with E-state index in [2.05, 4.69) is 20.8 Å². The van der Waals surface area contributed by atoms with Crippen LogP contribution >= 0.6 is 11.6 Å². The molecule has 34 heavy (non-hydrogen) atoms. The van der Waals surface area contributed by atoms with Gasteiger partial charge in [-0.25, -0.2) is 0 Å². The SMILES string of the molecule is O=C(COc1ccc(Cl)cc1C1CCCCC1)NCC(=O)Nc1cccc2c(=O)[nH][nH]c(=O)c12. The van der Waals surface area contributed by atoms with E-state index in [0.717, 1.165) is 31.2 Å². The van der Waals surface area contributed by atoms with Gasteiger partial charge in [0.1, 0.15) is 5.75 Å². The number of fused-ring (bicyclic) bond motifs is 1. The van der Waals surface area contributed by atoms with Crippen LogP contribution in [0, 0.1) is 0 Å². The maximum Gasteiger partial charge on any atom is 0.272 e. The number of anilines is 1. The summed E-state index contributed by atoms with van der Waals surface area (Å²) in [7, 11) is 0. The van der Waals surface area contributed by atoms with Crippen molar-refractivity contribution in [2.24, 2.45) is 0 Å². The number of H-pyrrole nitrogens is 2. The van der Waals surface area contributed by atoms with E-state index in [0.29, 0.717) is 16.7 Å². The zero-order valence-corrected chi connectivity index (χ0v) is 19.2. The standard InChI is InChI=1S/C24H25ClN4O5/c25-15-9-10-19(17(11-15)14-5-2-1-3-6-14)34-13-21(31)26-12-20(30)27-18-8-4-7-16-22(18)24(33)29-28-23(16)32/h4,7-11,14H,1-3,5-6,12-13H2,(H,26,31)(H,27,30)(H,28,32)(H,29,33). The minimum Gasteiger partial charge on any atom is -0.483 e. The lowest BCUT2D eigenvalue weighted by atomic mass is 9.84. The van der Waals surface area contributed by atoms with Crippen LogP contribution < -0.4 is 26.5 Å². The molecule has 0 spiro atoms. The van der Waals surface area contributed by atoms with Crippen LogP contribution in [0.5, 0.6) is 5.75 Å². The second-order valence-electron chi connectivity index (χ2n) is 8.27. The maximum atomic E-state index is 12.3. The van der Waals surface area contributed by atoms with Gasteiger partial charge in [-0.3, -0.25) is 29.4 Å². The summed E-state index contributed by atoms with van der Waals surface area (Å²) in [6, 6.07) is 9.94. The van der Waals surface area contributed by atoms with Crippen LogP contribution in [0.1, 0.15) is 43.6 Å². The van der Waals surface area contributed by atoms with Gasteiger partial charge in [0.15, 0.2) is 6.61 Å². The molecule has 1 saturated carbocycles. The van der Waals surface area contributed by atoms with Crippen LogP contribution in [0.3, 0.4) is 0 Å². The van der Waals surface area contributed by atoms with Crippen molar-refractivity contribution in [2.45, 2.75) is 38.0 Å². The minimum absolute atomic E-state index is 0.0623. The molecule has 4 N–H and O–H groups in total. The minimum atomic E-state index is -0.546. The summed E-state index contributed by atoms with van der Waals surface area (Å²) in [5.74, 6) is -0.0368. The van der Waals surface area contributed by atoms with Gasteiger partial charge in [0.05, 0.1) is 23.0 Å². The fourth-order valence-electron chi connectivity index (χ4n) is 4.28. The van der Waals surface area contributed by atoms with Gasteiger partial charge in [-0.15, -0.1) is 0 Å². The summed E-state index contributed by atoms with van der Waals surface area (Å²) in [6.07, 6.45) is 5.66. The molecule has 1 aliphatic rings. The third kappa shape index (κ3) is 5.48. The predicted octanol–water partition coefficient (Wildman–Crippen LogP) is 3.05. The zero-order valence-electron chi connectivity index (χ0n) is 18.4. The third-order valence-electron chi connectivity index (χ3n) is 5.92. The Bertz CT molecular complexity index is 1330. The van der Waals surface area contributed by atoms with Crippen LogP contribution in [-0.2, 0) is 9.59 Å². The van der Waals surface area contributed by atoms with Gasteiger partial charge in [0, 0.05) is 5.02 Å². The van der Waals surface area contributed by atoms with Crippen molar-refractivity contribution in [1.29, 1.82) is 0 Å². The lowest BCUT2D eigenvalue weighted by Crippen LogP contribution is -2.36. The van der Waals surface area contributed by atoms with Gasteiger partial charge in [0.25, 0.3) is 17.0 Å². The predicted molar refractivity (Wildman–Crippen MR) is 130 cm³/mol. The Morgan fingerprint density at radius 3 is 2.56 bits per heavy atom. The van der Waals surface area contributed by atoms with Crippen LogP contribution in [0.4, 0.5) is 5.69 Å². The molecule has 1 fully saturated rings. The van der Waals surface area contributed by atoms with Crippen molar-refractivity contribution in [2.75, 3.05) is 18.5 Å². The van der Waals surface area contributed by atoms with Crippen molar-refractivity contribution < 1.29 is 14.3 Å². The molecular formula is C24H25ClN4O5. The maximum absolute atomic E-state index is 12.3. The fourth-order valence-corrected chi connectivity index (χ4v) is 4.47. The first-order valence-electron chi connectivity index (χ1n) is 11.1. The lowest BCUT2D eigenvalue weighted by Gasteiger charge is -2.24. The number of hydrogen-bond acceptors (Lipinski definition) is 5. The molecule has 4 rings (SSSR count). The molecule has 2 amide bonds. The Kier molecular flexibility index (Phi) is 7.32. The van der Waals surface area contributed by atoms with Gasteiger partial charge in [0.2, 0.25) is 5.91 Å². The molecule has 0 unspecified atom stereocenters. The molecule has 9 nitrogen and oxygen atoms in total. The molecule has 2 aromatic carbocycles. The number of nitrogens with one attached hydrogen (secondary N) is 4. The number of benzene rings is 2. The zero-order chi connectivity index (χ0) is 24.1. The monoisotopic (exact) mass is 484 g/mol. The number of halogens is 1.